The molecule has 1 aromatic rings. The van der Waals surface area contributed by atoms with Gasteiger partial charge in [-0.15, -0.1) is 0 Å². The van der Waals surface area contributed by atoms with E-state index in [4.69, 9.17) is 10.7 Å². The Kier molecular flexibility index (Phi) is 9.66. The number of nitrogens with two attached hydrogens (primary N) is 1. The first-order chi connectivity index (χ1) is 15.2. The van der Waals surface area contributed by atoms with E-state index in [1.165, 1.54) is 24.8 Å². The molecule has 172 valence electrons. The topological polar surface area (TPSA) is 74.0 Å². The van der Waals surface area contributed by atoms with Gasteiger partial charge in [0.05, 0.1) is 0 Å². The van der Waals surface area contributed by atoms with Gasteiger partial charge in [0.25, 0.3) is 0 Å². The Balaban J connectivity index is 1.35. The van der Waals surface area contributed by atoms with Crippen LogP contribution in [0.5, 0.6) is 0 Å². The van der Waals surface area contributed by atoms with E-state index >= 15 is 0 Å². The second kappa shape index (κ2) is 12.7. The number of amides is 1. The Labute approximate surface area is 188 Å². The fourth-order valence-corrected chi connectivity index (χ4v) is 4.80. The third-order valence-electron chi connectivity index (χ3n) is 6.75. The van der Waals surface area contributed by atoms with Crippen molar-refractivity contribution in [3.8, 4) is 0 Å². The number of hydrogen-bond acceptors (Lipinski definition) is 3. The highest BCUT2D eigenvalue weighted by atomic mass is 16.1. The molecule has 0 aliphatic carbocycles. The summed E-state index contributed by atoms with van der Waals surface area (Å²) in [6.07, 6.45) is 7.76. The number of likely N-dealkylation sites (tertiary alicyclic amines) is 2. The van der Waals surface area contributed by atoms with Crippen molar-refractivity contribution in [2.45, 2.75) is 51.9 Å². The molecular formula is C25H41N5O. The lowest BCUT2D eigenvalue weighted by Gasteiger charge is -2.34. The van der Waals surface area contributed by atoms with Crippen molar-refractivity contribution >= 4 is 11.9 Å². The number of piperidine rings is 2. The summed E-state index contributed by atoms with van der Waals surface area (Å²) >= 11 is 0. The monoisotopic (exact) mass is 427 g/mol. The molecule has 2 saturated heterocycles. The molecule has 0 saturated carbocycles. The van der Waals surface area contributed by atoms with Crippen LogP contribution in [0.4, 0.5) is 0 Å². The number of aliphatic imine (C=N–C) groups is 1. The summed E-state index contributed by atoms with van der Waals surface area (Å²) in [5, 5.41) is 3.49. The zero-order valence-electron chi connectivity index (χ0n) is 19.3. The number of carbonyl (C=O) groups is 1. The van der Waals surface area contributed by atoms with Crippen LogP contribution in [0.15, 0.2) is 35.3 Å². The molecule has 0 radical (unpaired) electrons. The van der Waals surface area contributed by atoms with E-state index in [1.807, 2.05) is 0 Å². The van der Waals surface area contributed by atoms with Gasteiger partial charge in [-0.25, -0.2) is 0 Å². The van der Waals surface area contributed by atoms with Crippen LogP contribution in [-0.4, -0.2) is 67.5 Å². The molecule has 0 aromatic heterocycles. The number of unbranched alkanes of at least 4 members (excludes halogenated alkanes) is 1. The summed E-state index contributed by atoms with van der Waals surface area (Å²) in [5.41, 5.74) is 6.89. The van der Waals surface area contributed by atoms with Crippen molar-refractivity contribution in [2.24, 2.45) is 22.6 Å². The summed E-state index contributed by atoms with van der Waals surface area (Å²) in [6.45, 7) is 9.22. The molecule has 1 aromatic carbocycles. The van der Waals surface area contributed by atoms with Crippen LogP contribution in [0.2, 0.25) is 0 Å². The average Bonchev–Trinajstić information content (AvgIpc) is 2.80. The molecular weight excluding hydrogens is 386 g/mol. The van der Waals surface area contributed by atoms with Gasteiger partial charge in [0.2, 0.25) is 5.91 Å². The molecule has 0 bridgehead atoms. The lowest BCUT2D eigenvalue weighted by molar-refractivity contribution is -0.123. The minimum Gasteiger partial charge on any atom is -0.369 e. The minimum atomic E-state index is -0.131. The molecule has 2 fully saturated rings. The molecule has 31 heavy (non-hydrogen) atoms. The molecule has 6 nitrogen and oxygen atoms in total. The van der Waals surface area contributed by atoms with Gasteiger partial charge in [-0.05, 0) is 83.0 Å². The standard InChI is InChI=1S/C25H41N5O/c1-2-27-25(28-14-6-7-15-29-16-12-23(13-17-29)24(26)31)30-18-10-22(11-19-30)20-21-8-4-3-5-9-21/h3-5,8-9,22-23H,2,6-7,10-20H2,1H3,(H2,26,31)(H,27,28). The smallest absolute Gasteiger partial charge is 0.220 e. The second-order valence-corrected chi connectivity index (χ2v) is 9.08. The summed E-state index contributed by atoms with van der Waals surface area (Å²) in [6, 6.07) is 10.9. The number of guanidine groups is 1. The molecule has 0 spiro atoms. The first-order valence-electron chi connectivity index (χ1n) is 12.2. The van der Waals surface area contributed by atoms with Crippen molar-refractivity contribution < 1.29 is 4.79 Å². The minimum absolute atomic E-state index is 0.0837. The lowest BCUT2D eigenvalue weighted by Crippen LogP contribution is -2.46. The maximum atomic E-state index is 11.3. The Hall–Kier alpha value is -2.08. The van der Waals surface area contributed by atoms with Crippen LogP contribution < -0.4 is 11.1 Å². The zero-order valence-corrected chi connectivity index (χ0v) is 19.3. The molecule has 2 aliphatic heterocycles. The summed E-state index contributed by atoms with van der Waals surface area (Å²) in [5.74, 6) is 1.82. The Morgan fingerprint density at radius 1 is 1.06 bits per heavy atom. The maximum absolute atomic E-state index is 11.3. The van der Waals surface area contributed by atoms with Crippen LogP contribution in [0, 0.1) is 11.8 Å². The van der Waals surface area contributed by atoms with Gasteiger partial charge in [0, 0.05) is 32.1 Å². The predicted molar refractivity (Wildman–Crippen MR) is 128 cm³/mol. The Morgan fingerprint density at radius 3 is 2.42 bits per heavy atom. The first kappa shape index (κ1) is 23.6. The van der Waals surface area contributed by atoms with E-state index in [9.17, 15) is 4.79 Å². The van der Waals surface area contributed by atoms with Crippen LogP contribution in [0.1, 0.15) is 51.0 Å². The quantitative estimate of drug-likeness (QED) is 0.361. The van der Waals surface area contributed by atoms with Crippen molar-refractivity contribution in [3.05, 3.63) is 35.9 Å². The summed E-state index contributed by atoms with van der Waals surface area (Å²) < 4.78 is 0. The van der Waals surface area contributed by atoms with E-state index in [1.54, 1.807) is 0 Å². The highest BCUT2D eigenvalue weighted by molar-refractivity contribution is 5.80. The third-order valence-corrected chi connectivity index (χ3v) is 6.75. The van der Waals surface area contributed by atoms with E-state index in [2.05, 4.69) is 52.4 Å². The SMILES string of the molecule is CCNC(=NCCCCN1CCC(C(N)=O)CC1)N1CCC(Cc2ccccc2)CC1. The fourth-order valence-electron chi connectivity index (χ4n) is 4.80. The number of nitrogens with one attached hydrogen (secondary N) is 1. The van der Waals surface area contributed by atoms with Crippen LogP contribution in [0.3, 0.4) is 0 Å². The fraction of sp³-hybridized carbons (Fsp3) is 0.680. The van der Waals surface area contributed by atoms with Gasteiger partial charge in [0.15, 0.2) is 5.96 Å². The first-order valence-corrected chi connectivity index (χ1v) is 12.2. The zero-order chi connectivity index (χ0) is 21.9. The van der Waals surface area contributed by atoms with Crippen LogP contribution in [0.25, 0.3) is 0 Å². The van der Waals surface area contributed by atoms with Gasteiger partial charge >= 0.3 is 0 Å². The molecule has 6 heteroatoms. The van der Waals surface area contributed by atoms with Crippen molar-refractivity contribution in [1.29, 1.82) is 0 Å². The van der Waals surface area contributed by atoms with Gasteiger partial charge in [-0.2, -0.15) is 0 Å². The Morgan fingerprint density at radius 2 is 1.77 bits per heavy atom. The summed E-state index contributed by atoms with van der Waals surface area (Å²) in [4.78, 5) is 21.1. The number of nitrogens with zero attached hydrogens (tertiary/aromatic N) is 3. The molecule has 0 unspecified atom stereocenters. The Bertz CT molecular complexity index is 676. The number of primary amides is 1. The highest BCUT2D eigenvalue weighted by Gasteiger charge is 2.23. The molecule has 2 aliphatic rings. The number of benzene rings is 1. The second-order valence-electron chi connectivity index (χ2n) is 9.08. The number of carbonyl (C=O) groups excluding carboxylic acids is 1. The molecule has 3 rings (SSSR count). The molecule has 0 atom stereocenters. The van der Waals surface area contributed by atoms with Gasteiger partial charge in [-0.3, -0.25) is 9.79 Å². The van der Waals surface area contributed by atoms with Gasteiger partial charge in [-0.1, -0.05) is 30.3 Å². The van der Waals surface area contributed by atoms with Crippen LogP contribution in [-0.2, 0) is 11.2 Å². The molecule has 1 amide bonds. The van der Waals surface area contributed by atoms with Crippen LogP contribution >= 0.6 is 0 Å². The molecule has 2 heterocycles. The third kappa shape index (κ3) is 7.84. The number of rotatable bonds is 9. The van der Waals surface area contributed by atoms with E-state index in [-0.39, 0.29) is 11.8 Å². The average molecular weight is 428 g/mol. The largest absolute Gasteiger partial charge is 0.369 e. The van der Waals surface area contributed by atoms with Gasteiger partial charge in [0.1, 0.15) is 0 Å². The van der Waals surface area contributed by atoms with E-state index < -0.39 is 0 Å². The van der Waals surface area contributed by atoms with E-state index in [0.29, 0.717) is 0 Å². The van der Waals surface area contributed by atoms with Crippen molar-refractivity contribution in [3.63, 3.8) is 0 Å². The highest BCUT2D eigenvalue weighted by Crippen LogP contribution is 2.22. The summed E-state index contributed by atoms with van der Waals surface area (Å²) in [7, 11) is 0. The van der Waals surface area contributed by atoms with Crippen molar-refractivity contribution in [2.75, 3.05) is 45.8 Å². The lowest BCUT2D eigenvalue weighted by atomic mass is 9.90. The number of hydrogen-bond donors (Lipinski definition) is 2. The maximum Gasteiger partial charge on any atom is 0.220 e. The normalized spacial score (nSPS) is 19.5. The van der Waals surface area contributed by atoms with Crippen molar-refractivity contribution in [1.82, 2.24) is 15.1 Å². The molecule has 3 N–H and O–H groups in total. The predicted octanol–water partition coefficient (Wildman–Crippen LogP) is 2.88. The van der Waals surface area contributed by atoms with Gasteiger partial charge < -0.3 is 20.9 Å². The van der Waals surface area contributed by atoms with E-state index in [0.717, 1.165) is 83.4 Å².